The van der Waals surface area contributed by atoms with E-state index in [1.54, 1.807) is 0 Å². The summed E-state index contributed by atoms with van der Waals surface area (Å²) in [4.78, 5) is 38.3. The molecule has 458 valence electrons. The van der Waals surface area contributed by atoms with Crippen LogP contribution in [0.4, 0.5) is 0 Å². The van der Waals surface area contributed by atoms with E-state index in [1.807, 2.05) is 0 Å². The molecule has 0 amide bonds. The summed E-state index contributed by atoms with van der Waals surface area (Å²) in [6, 6.07) is 0. The number of ether oxygens (including phenoxy) is 3. The van der Waals surface area contributed by atoms with E-state index in [0.29, 0.717) is 19.3 Å². The Kier molecular flexibility index (Phi) is 64.3. The minimum Gasteiger partial charge on any atom is -0.462 e. The summed E-state index contributed by atoms with van der Waals surface area (Å²) in [5.74, 6) is -0.907. The fraction of sp³-hybridized carbons (Fsp3) is 0.716. The van der Waals surface area contributed by atoms with Crippen LogP contribution in [0.1, 0.15) is 323 Å². The van der Waals surface area contributed by atoms with Crippen LogP contribution in [0, 0.1) is 0 Å². The Morgan fingerprint density at radius 3 is 0.762 bits per heavy atom. The largest absolute Gasteiger partial charge is 0.462 e. The van der Waals surface area contributed by atoms with E-state index in [9.17, 15) is 14.4 Å². The number of hydrogen-bond donors (Lipinski definition) is 0. The first-order valence-electron chi connectivity index (χ1n) is 33.9. The van der Waals surface area contributed by atoms with Crippen LogP contribution in [0.5, 0.6) is 0 Å². The van der Waals surface area contributed by atoms with Gasteiger partial charge in [0.2, 0.25) is 0 Å². The third-order valence-electron chi connectivity index (χ3n) is 14.5. The smallest absolute Gasteiger partial charge is 0.306 e. The number of carbonyl (C=O) groups is 3. The summed E-state index contributed by atoms with van der Waals surface area (Å²) in [7, 11) is 0. The van der Waals surface area contributed by atoms with Crippen LogP contribution in [0.25, 0.3) is 0 Å². The SMILES string of the molecule is CC/C=C\C/C=C\C/C=C\C/C=C\C/C=C\C/C=C\C/C=C\C/C=C\C/C=C\CCCCCC(=O)OCC(COC(=O)CCCCCCCCCCCCC)OC(=O)CCCCCCCCCCCCCCCCCCCCCC. The minimum absolute atomic E-state index is 0.0849. The summed E-state index contributed by atoms with van der Waals surface area (Å²) < 4.78 is 16.9. The molecule has 0 N–H and O–H groups in total. The van der Waals surface area contributed by atoms with Crippen molar-refractivity contribution in [2.45, 2.75) is 329 Å². The lowest BCUT2D eigenvalue weighted by atomic mass is 10.0. The van der Waals surface area contributed by atoms with Gasteiger partial charge in [-0.05, 0) is 89.9 Å². The summed E-state index contributed by atoms with van der Waals surface area (Å²) in [6.07, 6.45) is 92.5. The highest BCUT2D eigenvalue weighted by Gasteiger charge is 2.19. The molecule has 0 heterocycles. The fourth-order valence-electron chi connectivity index (χ4n) is 9.50. The van der Waals surface area contributed by atoms with Gasteiger partial charge in [0, 0.05) is 19.3 Å². The van der Waals surface area contributed by atoms with Crippen molar-refractivity contribution in [1.29, 1.82) is 0 Å². The van der Waals surface area contributed by atoms with E-state index in [4.69, 9.17) is 14.2 Å². The molecule has 0 spiro atoms. The number of rotatable bonds is 61. The number of carbonyl (C=O) groups excluding carboxylic acids is 3. The molecule has 0 aromatic carbocycles. The molecule has 6 nitrogen and oxygen atoms in total. The van der Waals surface area contributed by atoms with Gasteiger partial charge in [-0.3, -0.25) is 14.4 Å². The predicted octanol–water partition coefficient (Wildman–Crippen LogP) is 23.4. The van der Waals surface area contributed by atoms with Crippen molar-refractivity contribution in [2.75, 3.05) is 13.2 Å². The van der Waals surface area contributed by atoms with Crippen LogP contribution < -0.4 is 0 Å². The Labute approximate surface area is 495 Å². The van der Waals surface area contributed by atoms with Gasteiger partial charge in [0.15, 0.2) is 6.10 Å². The highest BCUT2D eigenvalue weighted by atomic mass is 16.6. The topological polar surface area (TPSA) is 78.9 Å². The highest BCUT2D eigenvalue weighted by molar-refractivity contribution is 5.71. The monoisotopic (exact) mass is 1110 g/mol. The van der Waals surface area contributed by atoms with Gasteiger partial charge in [-0.2, -0.15) is 0 Å². The first-order valence-corrected chi connectivity index (χ1v) is 33.9. The average Bonchev–Trinajstić information content (AvgIpc) is 3.46. The maximum Gasteiger partial charge on any atom is 0.306 e. The van der Waals surface area contributed by atoms with Crippen LogP contribution in [0.3, 0.4) is 0 Å². The molecule has 0 aliphatic carbocycles. The predicted molar refractivity (Wildman–Crippen MR) is 348 cm³/mol. The van der Waals surface area contributed by atoms with Gasteiger partial charge in [0.05, 0.1) is 0 Å². The van der Waals surface area contributed by atoms with Gasteiger partial charge in [0.1, 0.15) is 13.2 Å². The van der Waals surface area contributed by atoms with Crippen molar-refractivity contribution in [3.8, 4) is 0 Å². The molecule has 6 heteroatoms. The Hall–Kier alpha value is -3.93. The van der Waals surface area contributed by atoms with E-state index < -0.39 is 6.10 Å². The van der Waals surface area contributed by atoms with Crippen molar-refractivity contribution in [3.05, 3.63) is 109 Å². The van der Waals surface area contributed by atoms with Crippen LogP contribution in [-0.2, 0) is 28.6 Å². The van der Waals surface area contributed by atoms with E-state index >= 15 is 0 Å². The van der Waals surface area contributed by atoms with Crippen molar-refractivity contribution in [3.63, 3.8) is 0 Å². The van der Waals surface area contributed by atoms with Gasteiger partial charge in [-0.25, -0.2) is 0 Å². The van der Waals surface area contributed by atoms with Crippen LogP contribution >= 0.6 is 0 Å². The molecule has 80 heavy (non-hydrogen) atoms. The van der Waals surface area contributed by atoms with Crippen LogP contribution in [-0.4, -0.2) is 37.2 Å². The van der Waals surface area contributed by atoms with Crippen molar-refractivity contribution in [2.24, 2.45) is 0 Å². The maximum atomic E-state index is 12.9. The first kappa shape index (κ1) is 76.1. The molecule has 0 saturated heterocycles. The molecule has 0 aliphatic rings. The summed E-state index contributed by atoms with van der Waals surface area (Å²) in [5.41, 5.74) is 0. The molecular formula is C74H126O6. The Morgan fingerprint density at radius 2 is 0.487 bits per heavy atom. The van der Waals surface area contributed by atoms with Gasteiger partial charge < -0.3 is 14.2 Å². The molecule has 0 aliphatic heterocycles. The first-order chi connectivity index (χ1) is 39.5. The van der Waals surface area contributed by atoms with Crippen molar-refractivity contribution < 1.29 is 28.6 Å². The lowest BCUT2D eigenvalue weighted by molar-refractivity contribution is -0.167. The van der Waals surface area contributed by atoms with Gasteiger partial charge in [-0.1, -0.05) is 323 Å². The molecule has 0 rings (SSSR count). The van der Waals surface area contributed by atoms with Crippen molar-refractivity contribution >= 4 is 17.9 Å². The highest BCUT2D eigenvalue weighted by Crippen LogP contribution is 2.17. The summed E-state index contributed by atoms with van der Waals surface area (Å²) in [6.45, 7) is 6.53. The normalized spacial score (nSPS) is 12.8. The number of unbranched alkanes of at least 4 members (excludes halogenated alkanes) is 32. The Morgan fingerprint density at radius 1 is 0.263 bits per heavy atom. The zero-order valence-corrected chi connectivity index (χ0v) is 52.6. The van der Waals surface area contributed by atoms with Gasteiger partial charge in [0.25, 0.3) is 0 Å². The molecule has 0 saturated carbocycles. The average molecular weight is 1110 g/mol. The van der Waals surface area contributed by atoms with E-state index in [-0.39, 0.29) is 31.1 Å². The third kappa shape index (κ3) is 64.9. The summed E-state index contributed by atoms with van der Waals surface area (Å²) in [5, 5.41) is 0. The maximum absolute atomic E-state index is 12.9. The van der Waals surface area contributed by atoms with Crippen molar-refractivity contribution in [1.82, 2.24) is 0 Å². The molecule has 0 fully saturated rings. The van der Waals surface area contributed by atoms with Gasteiger partial charge in [-0.15, -0.1) is 0 Å². The third-order valence-corrected chi connectivity index (χ3v) is 14.5. The number of hydrogen-bond acceptors (Lipinski definition) is 6. The lowest BCUT2D eigenvalue weighted by Gasteiger charge is -2.18. The Bertz CT molecular complexity index is 1610. The fourth-order valence-corrected chi connectivity index (χ4v) is 9.50. The molecule has 0 radical (unpaired) electrons. The molecule has 1 unspecified atom stereocenters. The van der Waals surface area contributed by atoms with Crippen LogP contribution in [0.15, 0.2) is 109 Å². The quantitative estimate of drug-likeness (QED) is 0.0261. The van der Waals surface area contributed by atoms with Crippen LogP contribution in [0.2, 0.25) is 0 Å². The van der Waals surface area contributed by atoms with E-state index in [2.05, 4.69) is 130 Å². The number of allylic oxidation sites excluding steroid dienone is 18. The molecule has 1 atom stereocenters. The van der Waals surface area contributed by atoms with E-state index in [0.717, 1.165) is 122 Å². The summed E-state index contributed by atoms with van der Waals surface area (Å²) >= 11 is 0. The second kappa shape index (κ2) is 67.6. The second-order valence-corrected chi connectivity index (χ2v) is 22.4. The van der Waals surface area contributed by atoms with Gasteiger partial charge >= 0.3 is 17.9 Å². The Balaban J connectivity index is 4.32. The zero-order valence-electron chi connectivity index (χ0n) is 52.6. The minimum atomic E-state index is -0.790. The van der Waals surface area contributed by atoms with E-state index in [1.165, 1.54) is 161 Å². The standard InChI is InChI=1S/C74H126O6/c1-4-7-10-13-16-19-22-24-26-28-30-32-33-34-35-36-37-38-39-40-41-42-44-45-47-49-52-55-58-61-64-67-73(76)79-70-71(69-78-72(75)66-63-60-57-54-51-21-18-15-12-9-6-3)80-74(77)68-65-62-59-56-53-50-48-46-43-31-29-27-25-23-20-17-14-11-8-5-2/h7,10,16,19,24,26,30,32,34-35,37-38,40-41,44-45,49,52,71H,4-6,8-9,11-15,17-18,20-23,25,27-29,31,33,36,39,42-43,46-48,50-51,53-70H2,1-3H3/b10-7-,19-16-,26-24-,32-30-,35-34-,38-37-,41-40-,45-44-,52-49-. The zero-order chi connectivity index (χ0) is 57.8. The number of esters is 3. The second-order valence-electron chi connectivity index (χ2n) is 22.4. The lowest BCUT2D eigenvalue weighted by Crippen LogP contribution is -2.30. The molecule has 0 aromatic rings. The molecule has 0 aromatic heterocycles. The molecule has 0 bridgehead atoms. The molecular weight excluding hydrogens is 985 g/mol.